The first-order valence-corrected chi connectivity index (χ1v) is 14.3. The molecule has 1 aliphatic rings. The minimum atomic E-state index is -3.36. The van der Waals surface area contributed by atoms with Gasteiger partial charge in [0.15, 0.2) is 9.84 Å². The van der Waals surface area contributed by atoms with Gasteiger partial charge < -0.3 is 14.6 Å². The van der Waals surface area contributed by atoms with E-state index in [0.29, 0.717) is 65.1 Å². The molecule has 1 aliphatic heterocycles. The number of rotatable bonds is 6. The lowest BCUT2D eigenvalue weighted by Gasteiger charge is -2.28. The predicted octanol–water partition coefficient (Wildman–Crippen LogP) is 3.82. The molecule has 11 heteroatoms. The third-order valence-electron chi connectivity index (χ3n) is 6.93. The van der Waals surface area contributed by atoms with E-state index < -0.39 is 21.5 Å². The molecule has 40 heavy (non-hydrogen) atoms. The molecular weight excluding hydrogens is 530 g/mol. The number of nitriles is 1. The van der Waals surface area contributed by atoms with Crippen LogP contribution in [0.2, 0.25) is 0 Å². The van der Waals surface area contributed by atoms with Gasteiger partial charge in [-0.3, -0.25) is 19.6 Å². The number of carbonyl (C=O) groups excluding carboxylic acids is 2. The van der Waals surface area contributed by atoms with Gasteiger partial charge in [-0.2, -0.15) is 5.26 Å². The van der Waals surface area contributed by atoms with E-state index in [2.05, 4.69) is 21.0 Å². The molecule has 0 radical (unpaired) electrons. The molecule has 5 rings (SSSR count). The predicted molar refractivity (Wildman–Crippen MR) is 148 cm³/mol. The number of sulfone groups is 1. The Labute approximate surface area is 230 Å². The highest BCUT2D eigenvalue weighted by Gasteiger charge is 2.30. The number of hydrogen-bond donors (Lipinski definition) is 1. The smallest absolute Gasteiger partial charge is 0.295 e. The van der Waals surface area contributed by atoms with Crippen molar-refractivity contribution in [2.24, 2.45) is 0 Å². The summed E-state index contributed by atoms with van der Waals surface area (Å²) in [5, 5.41) is 10.1. The zero-order valence-corrected chi connectivity index (χ0v) is 22.7. The number of hydrogen-bond acceptors (Lipinski definition) is 8. The van der Waals surface area contributed by atoms with Crippen molar-refractivity contribution in [2.75, 3.05) is 26.5 Å². The van der Waals surface area contributed by atoms with Gasteiger partial charge in [0.1, 0.15) is 11.8 Å². The van der Waals surface area contributed by atoms with Crippen LogP contribution < -0.4 is 4.74 Å². The largest absolute Gasteiger partial charge is 0.494 e. The number of nitrogens with one attached hydrogen (secondary N) is 1. The van der Waals surface area contributed by atoms with E-state index in [1.54, 1.807) is 30.5 Å². The lowest BCUT2D eigenvalue weighted by atomic mass is 9.95. The number of aromatic nitrogens is 3. The van der Waals surface area contributed by atoms with Crippen LogP contribution in [0, 0.1) is 11.3 Å². The van der Waals surface area contributed by atoms with E-state index in [-0.39, 0.29) is 10.5 Å². The summed E-state index contributed by atoms with van der Waals surface area (Å²) < 4.78 is 29.2. The van der Waals surface area contributed by atoms with Gasteiger partial charge in [-0.05, 0) is 42.7 Å². The number of amides is 1. The molecular formula is C29H25N5O5S. The standard InChI is InChI=1S/C29H25N5O5S/c1-39-24-17-33-26(19-6-8-20(9-7-19)40(2,37)38)27-25(24)22(16-32-27)28(35)29(36)34-13-10-18(11-14-34)21(15-30)23-5-3-4-12-31-23/h3-9,12,16-17,32H,10-11,13-14H2,1-2H3. The van der Waals surface area contributed by atoms with Gasteiger partial charge in [0.05, 0.1) is 51.6 Å². The average Bonchev–Trinajstić information content (AvgIpc) is 3.42. The fraction of sp³-hybridized carbons (Fsp3) is 0.207. The highest BCUT2D eigenvalue weighted by molar-refractivity contribution is 7.90. The maximum atomic E-state index is 13.5. The first kappa shape index (κ1) is 26.8. The molecule has 0 bridgehead atoms. The molecule has 0 saturated carbocycles. The second-order valence-corrected chi connectivity index (χ2v) is 11.4. The summed E-state index contributed by atoms with van der Waals surface area (Å²) in [4.78, 5) is 40.2. The van der Waals surface area contributed by atoms with Crippen molar-refractivity contribution in [1.82, 2.24) is 19.9 Å². The van der Waals surface area contributed by atoms with Gasteiger partial charge in [0.2, 0.25) is 0 Å². The number of aromatic amines is 1. The number of fused-ring (bicyclic) bond motifs is 1. The minimum Gasteiger partial charge on any atom is -0.494 e. The van der Waals surface area contributed by atoms with Crippen LogP contribution in [0.5, 0.6) is 5.75 Å². The first-order chi connectivity index (χ1) is 19.2. The van der Waals surface area contributed by atoms with E-state index in [4.69, 9.17) is 4.74 Å². The summed E-state index contributed by atoms with van der Waals surface area (Å²) in [6.07, 6.45) is 6.63. The molecule has 4 aromatic rings. The van der Waals surface area contributed by atoms with Gasteiger partial charge in [-0.1, -0.05) is 18.2 Å². The Morgan fingerprint density at radius 3 is 2.40 bits per heavy atom. The normalized spacial score (nSPS) is 13.6. The monoisotopic (exact) mass is 555 g/mol. The van der Waals surface area contributed by atoms with Crippen molar-refractivity contribution in [1.29, 1.82) is 5.26 Å². The number of pyridine rings is 2. The molecule has 4 heterocycles. The van der Waals surface area contributed by atoms with Crippen LogP contribution in [0.1, 0.15) is 28.9 Å². The lowest BCUT2D eigenvalue weighted by Crippen LogP contribution is -2.40. The molecule has 1 N–H and O–H groups in total. The van der Waals surface area contributed by atoms with Crippen LogP contribution >= 0.6 is 0 Å². The number of Topliss-reactive ketones (excluding diaryl/α,β-unsaturated/α-hetero) is 1. The van der Waals surface area contributed by atoms with E-state index in [0.717, 1.165) is 11.8 Å². The van der Waals surface area contributed by atoms with Crippen molar-refractivity contribution in [3.8, 4) is 23.1 Å². The Balaban J connectivity index is 1.42. The third kappa shape index (κ3) is 4.97. The maximum absolute atomic E-state index is 13.5. The second kappa shape index (κ2) is 10.7. The molecule has 1 saturated heterocycles. The molecule has 10 nitrogen and oxygen atoms in total. The van der Waals surface area contributed by atoms with Crippen LogP contribution in [-0.2, 0) is 14.6 Å². The number of nitrogens with zero attached hydrogens (tertiary/aromatic N) is 4. The van der Waals surface area contributed by atoms with Crippen LogP contribution in [0.25, 0.3) is 27.7 Å². The molecule has 0 atom stereocenters. The summed E-state index contributed by atoms with van der Waals surface area (Å²) in [5.41, 5.74) is 3.75. The highest BCUT2D eigenvalue weighted by atomic mass is 32.2. The number of carbonyl (C=O) groups is 2. The van der Waals surface area contributed by atoms with E-state index in [1.807, 2.05) is 6.07 Å². The Morgan fingerprint density at radius 2 is 1.80 bits per heavy atom. The zero-order valence-electron chi connectivity index (χ0n) is 21.8. The zero-order chi connectivity index (χ0) is 28.4. The first-order valence-electron chi connectivity index (χ1n) is 12.4. The van der Waals surface area contributed by atoms with Gasteiger partial charge in [-0.15, -0.1) is 0 Å². The van der Waals surface area contributed by atoms with Crippen molar-refractivity contribution in [3.05, 3.63) is 77.9 Å². The molecule has 202 valence electrons. The fourth-order valence-corrected chi connectivity index (χ4v) is 5.48. The second-order valence-electron chi connectivity index (χ2n) is 9.35. The number of H-pyrrole nitrogens is 1. The molecule has 1 amide bonds. The van der Waals surface area contributed by atoms with Crippen LogP contribution in [0.15, 0.2) is 71.5 Å². The van der Waals surface area contributed by atoms with Gasteiger partial charge in [0, 0.05) is 37.3 Å². The minimum absolute atomic E-state index is 0.154. The summed E-state index contributed by atoms with van der Waals surface area (Å²) in [6.45, 7) is 0.605. The van der Waals surface area contributed by atoms with Crippen molar-refractivity contribution in [3.63, 3.8) is 0 Å². The van der Waals surface area contributed by atoms with Crippen LogP contribution in [0.4, 0.5) is 0 Å². The Bertz CT molecular complexity index is 1790. The summed E-state index contributed by atoms with van der Waals surface area (Å²) in [6, 6.07) is 13.9. The van der Waals surface area contributed by atoms with E-state index in [1.165, 1.54) is 36.5 Å². The van der Waals surface area contributed by atoms with E-state index in [9.17, 15) is 23.3 Å². The third-order valence-corrected chi connectivity index (χ3v) is 8.06. The number of methoxy groups -OCH3 is 1. The molecule has 0 spiro atoms. The van der Waals surface area contributed by atoms with Gasteiger partial charge in [0.25, 0.3) is 11.7 Å². The number of benzene rings is 1. The lowest BCUT2D eigenvalue weighted by molar-refractivity contribution is -0.126. The Kier molecular flexibility index (Phi) is 7.19. The Morgan fingerprint density at radius 1 is 1.07 bits per heavy atom. The number of likely N-dealkylation sites (tertiary alicyclic amines) is 1. The Hall–Kier alpha value is -4.82. The van der Waals surface area contributed by atoms with Crippen LogP contribution in [0.3, 0.4) is 0 Å². The number of allylic oxidation sites excluding steroid dienone is 1. The molecule has 1 fully saturated rings. The quantitative estimate of drug-likeness (QED) is 0.215. The van der Waals surface area contributed by atoms with Crippen LogP contribution in [-0.4, -0.2) is 66.4 Å². The maximum Gasteiger partial charge on any atom is 0.295 e. The molecule has 1 aromatic carbocycles. The summed E-state index contributed by atoms with van der Waals surface area (Å²) >= 11 is 0. The molecule has 0 aliphatic carbocycles. The van der Waals surface area contributed by atoms with Crippen molar-refractivity contribution in [2.45, 2.75) is 17.7 Å². The summed E-state index contributed by atoms with van der Waals surface area (Å²) in [7, 11) is -1.91. The summed E-state index contributed by atoms with van der Waals surface area (Å²) in [5.74, 6) is -1.01. The van der Waals surface area contributed by atoms with Gasteiger partial charge in [-0.25, -0.2) is 8.42 Å². The number of piperidine rings is 1. The highest BCUT2D eigenvalue weighted by Crippen LogP contribution is 2.35. The average molecular weight is 556 g/mol. The molecule has 3 aromatic heterocycles. The van der Waals surface area contributed by atoms with Crippen molar-refractivity contribution < 1.29 is 22.7 Å². The van der Waals surface area contributed by atoms with E-state index >= 15 is 0 Å². The fourth-order valence-electron chi connectivity index (χ4n) is 4.85. The van der Waals surface area contributed by atoms with Crippen molar-refractivity contribution >= 4 is 38.0 Å². The number of ketones is 1. The number of ether oxygens (including phenoxy) is 1. The topological polar surface area (TPSA) is 146 Å². The molecule has 0 unspecified atom stereocenters. The SMILES string of the molecule is COc1cnc(-c2ccc(S(C)(=O)=O)cc2)c2[nH]cc(C(=O)C(=O)N3CCC(=C(C#N)c4ccccn4)CC3)c12. The van der Waals surface area contributed by atoms with Gasteiger partial charge >= 0.3 is 0 Å².